The first-order valence-corrected chi connectivity index (χ1v) is 6.52. The molecule has 2 N–H and O–H groups in total. The fourth-order valence-corrected chi connectivity index (χ4v) is 1.91. The van der Waals surface area contributed by atoms with Gasteiger partial charge in [-0.1, -0.05) is 11.6 Å². The zero-order valence-electron chi connectivity index (χ0n) is 11.0. The first-order valence-electron chi connectivity index (χ1n) is 6.14. The Balaban J connectivity index is 2.14. The largest absolute Gasteiger partial charge is 0.394 e. The van der Waals surface area contributed by atoms with Crippen LogP contribution in [-0.2, 0) is 19.6 Å². The van der Waals surface area contributed by atoms with Crippen LogP contribution in [0.5, 0.6) is 0 Å². The van der Waals surface area contributed by atoms with E-state index in [0.29, 0.717) is 12.2 Å². The van der Waals surface area contributed by atoms with Crippen LogP contribution in [0.25, 0.3) is 0 Å². The van der Waals surface area contributed by atoms with Gasteiger partial charge in [-0.25, -0.2) is 4.68 Å². The van der Waals surface area contributed by atoms with Gasteiger partial charge in [0.2, 0.25) is 0 Å². The summed E-state index contributed by atoms with van der Waals surface area (Å²) in [6, 6.07) is 0. The number of hydrogen-bond acceptors (Lipinski definition) is 6. The summed E-state index contributed by atoms with van der Waals surface area (Å²) in [5, 5.41) is 23.6. The van der Waals surface area contributed by atoms with Crippen molar-refractivity contribution in [2.24, 2.45) is 0 Å². The number of hydrogen-bond donors (Lipinski definition) is 2. The monoisotopic (exact) mass is 298 g/mol. The van der Waals surface area contributed by atoms with Crippen LogP contribution < -0.4 is 10.9 Å². The minimum absolute atomic E-state index is 0.0380. The number of aromatic nitrogens is 5. The Kier molecular flexibility index (Phi) is 4.70. The van der Waals surface area contributed by atoms with Crippen LogP contribution in [0.3, 0.4) is 0 Å². The normalized spacial score (nSPS) is 10.8. The average Bonchev–Trinajstić information content (AvgIpc) is 2.91. The van der Waals surface area contributed by atoms with Crippen LogP contribution in [0, 0.1) is 0 Å². The van der Waals surface area contributed by atoms with Gasteiger partial charge in [-0.3, -0.25) is 4.79 Å². The van der Waals surface area contributed by atoms with Crippen molar-refractivity contribution in [2.75, 3.05) is 11.9 Å². The third kappa shape index (κ3) is 2.97. The van der Waals surface area contributed by atoms with Crippen LogP contribution in [-0.4, -0.2) is 36.3 Å². The summed E-state index contributed by atoms with van der Waals surface area (Å²) >= 11 is 5.99. The summed E-state index contributed by atoms with van der Waals surface area (Å²) in [7, 11) is 0. The third-order valence-corrected chi connectivity index (χ3v) is 3.14. The lowest BCUT2D eigenvalue weighted by atomic mass is 10.4. The zero-order chi connectivity index (χ0) is 14.5. The number of aliphatic hydroxyl groups excluding tert-OH is 1. The number of rotatable bonds is 6. The number of nitrogens with zero attached hydrogens (tertiary/aromatic N) is 5. The lowest BCUT2D eigenvalue weighted by Gasteiger charge is -2.09. The van der Waals surface area contributed by atoms with E-state index in [-0.39, 0.29) is 18.2 Å². The van der Waals surface area contributed by atoms with Gasteiger partial charge in [0.15, 0.2) is 5.82 Å². The Morgan fingerprint density at radius 3 is 3.00 bits per heavy atom. The van der Waals surface area contributed by atoms with E-state index in [1.165, 1.54) is 6.20 Å². The van der Waals surface area contributed by atoms with Gasteiger partial charge in [0, 0.05) is 6.54 Å². The van der Waals surface area contributed by atoms with Gasteiger partial charge >= 0.3 is 0 Å². The van der Waals surface area contributed by atoms with Crippen molar-refractivity contribution in [3.63, 3.8) is 0 Å². The Hall–Kier alpha value is -1.93. The fraction of sp³-hybridized carbons (Fsp3) is 0.455. The Bertz CT molecular complexity index is 638. The molecule has 2 aromatic heterocycles. The molecular weight excluding hydrogens is 284 g/mol. The molecule has 9 heteroatoms. The van der Waals surface area contributed by atoms with E-state index >= 15 is 0 Å². The number of halogens is 1. The van der Waals surface area contributed by atoms with Gasteiger partial charge in [0.25, 0.3) is 5.56 Å². The zero-order valence-corrected chi connectivity index (χ0v) is 11.7. The van der Waals surface area contributed by atoms with Gasteiger partial charge in [-0.05, 0) is 6.92 Å². The number of anilines is 1. The maximum Gasteiger partial charge on any atom is 0.287 e. The van der Waals surface area contributed by atoms with Crippen molar-refractivity contribution in [2.45, 2.75) is 26.6 Å². The summed E-state index contributed by atoms with van der Waals surface area (Å²) in [5.41, 5.74) is -0.0146. The summed E-state index contributed by atoms with van der Waals surface area (Å²) in [5.74, 6) is 0.739. The van der Waals surface area contributed by atoms with Crippen molar-refractivity contribution in [1.82, 2.24) is 24.5 Å². The molecule has 20 heavy (non-hydrogen) atoms. The number of aliphatic hydroxyl groups is 1. The molecule has 0 aliphatic carbocycles. The Labute approximate surface area is 120 Å². The summed E-state index contributed by atoms with van der Waals surface area (Å²) in [6.45, 7) is 3.07. The predicted molar refractivity (Wildman–Crippen MR) is 73.6 cm³/mol. The molecule has 0 bridgehead atoms. The van der Waals surface area contributed by atoms with E-state index in [1.807, 2.05) is 11.5 Å². The topological polar surface area (TPSA) is 97.9 Å². The van der Waals surface area contributed by atoms with E-state index in [0.717, 1.165) is 17.1 Å². The summed E-state index contributed by atoms with van der Waals surface area (Å²) in [4.78, 5) is 11.8. The van der Waals surface area contributed by atoms with Crippen LogP contribution in [0.2, 0.25) is 5.02 Å². The van der Waals surface area contributed by atoms with Gasteiger partial charge in [-0.15, -0.1) is 10.2 Å². The predicted octanol–water partition coefficient (Wildman–Crippen LogP) is 0.112. The lowest BCUT2D eigenvalue weighted by molar-refractivity contribution is 0.266. The molecule has 0 aromatic carbocycles. The van der Waals surface area contributed by atoms with Crippen molar-refractivity contribution >= 4 is 17.3 Å². The van der Waals surface area contributed by atoms with Crippen molar-refractivity contribution in [3.8, 4) is 0 Å². The molecule has 108 valence electrons. The average molecular weight is 299 g/mol. The second-order valence-electron chi connectivity index (χ2n) is 4.01. The van der Waals surface area contributed by atoms with Gasteiger partial charge in [0.1, 0.15) is 11.3 Å². The molecule has 8 nitrogen and oxygen atoms in total. The highest BCUT2D eigenvalue weighted by molar-refractivity contribution is 6.32. The first kappa shape index (κ1) is 14.5. The van der Waals surface area contributed by atoms with Gasteiger partial charge in [0.05, 0.1) is 31.6 Å². The number of aryl methyl sites for hydroxylation is 1. The molecule has 0 spiro atoms. The van der Waals surface area contributed by atoms with E-state index in [9.17, 15) is 4.79 Å². The second kappa shape index (κ2) is 6.49. The molecule has 2 aromatic rings. The van der Waals surface area contributed by atoms with Crippen LogP contribution in [0.1, 0.15) is 12.7 Å². The lowest BCUT2D eigenvalue weighted by Crippen LogP contribution is -2.25. The third-order valence-electron chi connectivity index (χ3n) is 2.77. The summed E-state index contributed by atoms with van der Waals surface area (Å²) < 4.78 is 2.99. The van der Waals surface area contributed by atoms with E-state index in [2.05, 4.69) is 20.6 Å². The van der Waals surface area contributed by atoms with E-state index in [4.69, 9.17) is 16.7 Å². The first-order chi connectivity index (χ1) is 9.67. The fourth-order valence-electron chi connectivity index (χ4n) is 1.70. The SMILES string of the molecule is CCn1cnnc1CNc1cnn(CCO)c(=O)c1Cl. The highest BCUT2D eigenvalue weighted by atomic mass is 35.5. The smallest absolute Gasteiger partial charge is 0.287 e. The molecular formula is C11H15ClN6O2. The molecule has 2 rings (SSSR count). The van der Waals surface area contributed by atoms with Crippen molar-refractivity contribution in [3.05, 3.63) is 33.7 Å². The molecule has 0 unspecified atom stereocenters. The van der Waals surface area contributed by atoms with Crippen molar-refractivity contribution < 1.29 is 5.11 Å². The molecule has 0 atom stereocenters. The van der Waals surface area contributed by atoms with E-state index in [1.54, 1.807) is 6.33 Å². The molecule has 2 heterocycles. The Morgan fingerprint density at radius 1 is 1.50 bits per heavy atom. The Morgan fingerprint density at radius 2 is 2.30 bits per heavy atom. The maximum atomic E-state index is 11.8. The molecule has 0 aliphatic heterocycles. The highest BCUT2D eigenvalue weighted by Crippen LogP contribution is 2.15. The molecule has 0 aliphatic rings. The summed E-state index contributed by atoms with van der Waals surface area (Å²) in [6.07, 6.45) is 3.09. The maximum absolute atomic E-state index is 11.8. The van der Waals surface area contributed by atoms with Gasteiger partial charge < -0.3 is 15.0 Å². The van der Waals surface area contributed by atoms with Crippen LogP contribution >= 0.6 is 11.6 Å². The molecule has 0 radical (unpaired) electrons. The van der Waals surface area contributed by atoms with E-state index < -0.39 is 5.56 Å². The standard InChI is InChI=1S/C11H15ClN6O2/c1-2-17-7-14-16-9(17)6-13-8-5-15-18(3-4-19)11(20)10(8)12/h5,7,13,19H,2-4,6H2,1H3. The number of nitrogens with one attached hydrogen (secondary N) is 1. The highest BCUT2D eigenvalue weighted by Gasteiger charge is 2.10. The van der Waals surface area contributed by atoms with Crippen LogP contribution in [0.15, 0.2) is 17.3 Å². The van der Waals surface area contributed by atoms with Crippen molar-refractivity contribution in [1.29, 1.82) is 0 Å². The second-order valence-corrected chi connectivity index (χ2v) is 4.39. The quantitative estimate of drug-likeness (QED) is 0.785. The van der Waals surface area contributed by atoms with Crippen LogP contribution in [0.4, 0.5) is 5.69 Å². The molecule has 0 amide bonds. The minimum Gasteiger partial charge on any atom is -0.394 e. The van der Waals surface area contributed by atoms with Gasteiger partial charge in [-0.2, -0.15) is 5.10 Å². The molecule has 0 saturated carbocycles. The minimum atomic E-state index is -0.442. The molecule has 0 saturated heterocycles. The molecule has 0 fully saturated rings.